The number of phenols is 1. The molecule has 0 aliphatic heterocycles. The zero-order valence-electron chi connectivity index (χ0n) is 17.8. The van der Waals surface area contributed by atoms with Crippen molar-refractivity contribution in [2.45, 2.75) is 0 Å². The molecule has 4 rings (SSSR count). The maximum Gasteiger partial charge on any atom is 0.131 e. The van der Waals surface area contributed by atoms with Gasteiger partial charge in [0.15, 0.2) is 0 Å². The van der Waals surface area contributed by atoms with Crippen LogP contribution in [0.15, 0.2) is 84.9 Å². The number of hydrogen-bond donors (Lipinski definition) is 1. The van der Waals surface area contributed by atoms with Crippen LogP contribution in [0, 0.1) is 0 Å². The first kappa shape index (κ1) is 20.4. The summed E-state index contributed by atoms with van der Waals surface area (Å²) < 4.78 is 15.8. The first-order chi connectivity index (χ1) is 15.1. The summed E-state index contributed by atoms with van der Waals surface area (Å²) in [7, 11) is 4.93. The van der Waals surface area contributed by atoms with Crippen molar-refractivity contribution >= 4 is 0 Å². The van der Waals surface area contributed by atoms with Crippen LogP contribution in [0.2, 0.25) is 0 Å². The van der Waals surface area contributed by atoms with E-state index in [1.807, 2.05) is 84.9 Å². The molecule has 0 amide bonds. The highest BCUT2D eigenvalue weighted by molar-refractivity contribution is 5.88. The molecule has 0 radical (unpaired) electrons. The van der Waals surface area contributed by atoms with Gasteiger partial charge < -0.3 is 19.3 Å². The molecule has 0 heterocycles. The van der Waals surface area contributed by atoms with E-state index in [-0.39, 0.29) is 5.75 Å². The van der Waals surface area contributed by atoms with E-state index in [0.717, 1.165) is 50.6 Å². The summed E-state index contributed by atoms with van der Waals surface area (Å²) in [6.07, 6.45) is 0. The van der Waals surface area contributed by atoms with E-state index in [0.29, 0.717) is 0 Å². The molecule has 0 spiro atoms. The third kappa shape index (κ3) is 4.19. The molecule has 0 fully saturated rings. The molecule has 1 N–H and O–H groups in total. The lowest BCUT2D eigenvalue weighted by Crippen LogP contribution is -1.90. The summed E-state index contributed by atoms with van der Waals surface area (Å²) >= 11 is 0. The largest absolute Gasteiger partial charge is 0.507 e. The van der Waals surface area contributed by atoms with E-state index in [2.05, 4.69) is 0 Å². The van der Waals surface area contributed by atoms with E-state index in [9.17, 15) is 5.11 Å². The van der Waals surface area contributed by atoms with Crippen molar-refractivity contribution in [3.05, 3.63) is 84.9 Å². The minimum absolute atomic E-state index is 0.229. The second-order valence-electron chi connectivity index (χ2n) is 7.11. The highest BCUT2D eigenvalue weighted by atomic mass is 16.5. The number of methoxy groups -OCH3 is 3. The van der Waals surface area contributed by atoms with Gasteiger partial charge in [-0.25, -0.2) is 0 Å². The molecule has 0 bridgehead atoms. The van der Waals surface area contributed by atoms with Crippen LogP contribution in [0.25, 0.3) is 33.4 Å². The van der Waals surface area contributed by atoms with Gasteiger partial charge in [-0.3, -0.25) is 0 Å². The van der Waals surface area contributed by atoms with E-state index in [1.54, 1.807) is 21.3 Å². The Balaban J connectivity index is 1.89. The Labute approximate surface area is 182 Å². The van der Waals surface area contributed by atoms with Crippen molar-refractivity contribution in [3.63, 3.8) is 0 Å². The zero-order valence-corrected chi connectivity index (χ0v) is 17.8. The summed E-state index contributed by atoms with van der Waals surface area (Å²) in [6.45, 7) is 0. The predicted octanol–water partition coefficient (Wildman–Crippen LogP) is 6.42. The smallest absolute Gasteiger partial charge is 0.131 e. The Morgan fingerprint density at radius 1 is 0.452 bits per heavy atom. The summed E-state index contributed by atoms with van der Waals surface area (Å²) in [5, 5.41) is 11.2. The Bertz CT molecular complexity index is 1090. The average Bonchev–Trinajstić information content (AvgIpc) is 2.84. The van der Waals surface area contributed by atoms with Crippen LogP contribution in [-0.2, 0) is 0 Å². The molecule has 0 atom stereocenters. The van der Waals surface area contributed by atoms with Gasteiger partial charge in [-0.15, -0.1) is 0 Å². The van der Waals surface area contributed by atoms with Crippen LogP contribution in [0.5, 0.6) is 23.0 Å². The third-order valence-electron chi connectivity index (χ3n) is 5.34. The highest BCUT2D eigenvalue weighted by Crippen LogP contribution is 2.42. The van der Waals surface area contributed by atoms with Gasteiger partial charge in [0, 0.05) is 11.1 Å². The van der Waals surface area contributed by atoms with E-state index in [4.69, 9.17) is 14.2 Å². The van der Waals surface area contributed by atoms with Gasteiger partial charge in [0.05, 0.1) is 21.3 Å². The highest BCUT2D eigenvalue weighted by Gasteiger charge is 2.15. The van der Waals surface area contributed by atoms with Gasteiger partial charge >= 0.3 is 0 Å². The molecular weight excluding hydrogens is 388 g/mol. The topological polar surface area (TPSA) is 47.9 Å². The molecular formula is C27H24O4. The molecule has 0 unspecified atom stereocenters. The average molecular weight is 412 g/mol. The standard InChI is InChI=1S/C27H24O4/c1-29-22-10-4-18(5-11-22)21-16-25(19-6-12-23(30-2)13-7-19)27(28)26(17-21)20-8-14-24(31-3)15-9-20/h4-17,28H,1-3H3. The number of hydrogen-bond acceptors (Lipinski definition) is 4. The molecule has 0 aromatic heterocycles. The lowest BCUT2D eigenvalue weighted by molar-refractivity contribution is 0.415. The second kappa shape index (κ2) is 8.84. The van der Waals surface area contributed by atoms with Gasteiger partial charge in [0.2, 0.25) is 0 Å². The van der Waals surface area contributed by atoms with E-state index in [1.165, 1.54) is 0 Å². The molecule has 4 nitrogen and oxygen atoms in total. The number of rotatable bonds is 6. The fourth-order valence-corrected chi connectivity index (χ4v) is 3.57. The minimum Gasteiger partial charge on any atom is -0.507 e. The summed E-state index contributed by atoms with van der Waals surface area (Å²) in [5.74, 6) is 2.57. The van der Waals surface area contributed by atoms with Crippen molar-refractivity contribution in [2.24, 2.45) is 0 Å². The quantitative estimate of drug-likeness (QED) is 0.397. The molecule has 4 heteroatoms. The van der Waals surface area contributed by atoms with Crippen molar-refractivity contribution in [3.8, 4) is 56.4 Å². The van der Waals surface area contributed by atoms with Gasteiger partial charge in [0.1, 0.15) is 23.0 Å². The van der Waals surface area contributed by atoms with Crippen LogP contribution in [0.1, 0.15) is 0 Å². The second-order valence-corrected chi connectivity index (χ2v) is 7.11. The Morgan fingerprint density at radius 3 is 1.10 bits per heavy atom. The maximum absolute atomic E-state index is 11.2. The van der Waals surface area contributed by atoms with Gasteiger partial charge in [-0.1, -0.05) is 36.4 Å². The SMILES string of the molecule is COc1ccc(-c2cc(-c3ccc(OC)cc3)c(O)c(-c3ccc(OC)cc3)c2)cc1. The first-order valence-corrected chi connectivity index (χ1v) is 9.93. The summed E-state index contributed by atoms with van der Waals surface area (Å²) in [4.78, 5) is 0. The van der Waals surface area contributed by atoms with E-state index < -0.39 is 0 Å². The van der Waals surface area contributed by atoms with Crippen molar-refractivity contribution in [1.82, 2.24) is 0 Å². The number of benzene rings is 4. The molecule has 0 saturated heterocycles. The van der Waals surface area contributed by atoms with Gasteiger partial charge in [0.25, 0.3) is 0 Å². The molecule has 4 aromatic carbocycles. The van der Waals surface area contributed by atoms with Crippen LogP contribution in [0.3, 0.4) is 0 Å². The molecule has 0 aliphatic carbocycles. The van der Waals surface area contributed by atoms with Crippen molar-refractivity contribution in [1.29, 1.82) is 0 Å². The molecule has 0 saturated carbocycles. The fraction of sp³-hybridized carbons (Fsp3) is 0.111. The normalized spacial score (nSPS) is 10.5. The van der Waals surface area contributed by atoms with Gasteiger partial charge in [-0.2, -0.15) is 0 Å². The Hall–Kier alpha value is -3.92. The molecule has 4 aromatic rings. The molecule has 0 aliphatic rings. The van der Waals surface area contributed by atoms with Gasteiger partial charge in [-0.05, 0) is 70.8 Å². The van der Waals surface area contributed by atoms with Crippen molar-refractivity contribution in [2.75, 3.05) is 21.3 Å². The van der Waals surface area contributed by atoms with Crippen LogP contribution in [0.4, 0.5) is 0 Å². The molecule has 31 heavy (non-hydrogen) atoms. The number of ether oxygens (including phenoxy) is 3. The number of phenolic OH excluding ortho intramolecular Hbond substituents is 1. The van der Waals surface area contributed by atoms with Crippen LogP contribution < -0.4 is 14.2 Å². The lowest BCUT2D eigenvalue weighted by atomic mass is 9.92. The zero-order chi connectivity index (χ0) is 21.8. The number of aromatic hydroxyl groups is 1. The van der Waals surface area contributed by atoms with Crippen LogP contribution >= 0.6 is 0 Å². The predicted molar refractivity (Wildman–Crippen MR) is 124 cm³/mol. The van der Waals surface area contributed by atoms with Crippen LogP contribution in [-0.4, -0.2) is 26.4 Å². The fourth-order valence-electron chi connectivity index (χ4n) is 3.57. The minimum atomic E-state index is 0.229. The summed E-state index contributed by atoms with van der Waals surface area (Å²) in [6, 6.07) is 27.3. The Morgan fingerprint density at radius 2 is 0.774 bits per heavy atom. The van der Waals surface area contributed by atoms with E-state index >= 15 is 0 Å². The molecule has 156 valence electrons. The summed E-state index contributed by atoms with van der Waals surface area (Å²) in [5.41, 5.74) is 5.35. The van der Waals surface area contributed by atoms with Crippen molar-refractivity contribution < 1.29 is 19.3 Å². The first-order valence-electron chi connectivity index (χ1n) is 9.93. The maximum atomic E-state index is 11.2. The third-order valence-corrected chi connectivity index (χ3v) is 5.34. The lowest BCUT2D eigenvalue weighted by Gasteiger charge is -2.15. The Kier molecular flexibility index (Phi) is 5.80. The monoisotopic (exact) mass is 412 g/mol.